The molecule has 0 bridgehead atoms. The van der Waals surface area contributed by atoms with Gasteiger partial charge in [-0.3, -0.25) is 4.79 Å². The van der Waals surface area contributed by atoms with Gasteiger partial charge in [-0.2, -0.15) is 0 Å². The lowest BCUT2D eigenvalue weighted by Crippen LogP contribution is -2.57. The number of rotatable bonds is 9. The molecular formula is C23H40IN5O3. The summed E-state index contributed by atoms with van der Waals surface area (Å²) in [6.07, 6.45) is 0.966. The van der Waals surface area contributed by atoms with E-state index in [1.807, 2.05) is 65.0 Å². The molecule has 0 atom stereocenters. The van der Waals surface area contributed by atoms with E-state index in [0.717, 1.165) is 5.56 Å². The summed E-state index contributed by atoms with van der Waals surface area (Å²) >= 11 is 0. The molecule has 2 amide bonds. The zero-order valence-corrected chi connectivity index (χ0v) is 22.8. The van der Waals surface area contributed by atoms with E-state index < -0.39 is 17.2 Å². The highest BCUT2D eigenvalue weighted by atomic mass is 127. The third-order valence-corrected chi connectivity index (χ3v) is 4.88. The van der Waals surface area contributed by atoms with Gasteiger partial charge >= 0.3 is 6.09 Å². The molecule has 0 aliphatic heterocycles. The van der Waals surface area contributed by atoms with Crippen molar-refractivity contribution >= 4 is 41.9 Å². The number of ether oxygens (including phenoxy) is 1. The van der Waals surface area contributed by atoms with Gasteiger partial charge in [0.1, 0.15) is 5.60 Å². The van der Waals surface area contributed by atoms with Crippen LogP contribution >= 0.6 is 24.0 Å². The molecule has 0 aromatic heterocycles. The molecule has 1 aromatic rings. The number of alkyl carbamates (subject to hydrolysis) is 1. The lowest BCUT2D eigenvalue weighted by atomic mass is 9.93. The van der Waals surface area contributed by atoms with Crippen molar-refractivity contribution in [3.05, 3.63) is 35.9 Å². The molecule has 0 saturated carbocycles. The van der Waals surface area contributed by atoms with Gasteiger partial charge in [0, 0.05) is 20.6 Å². The minimum absolute atomic E-state index is 0. The van der Waals surface area contributed by atoms with Gasteiger partial charge in [0.15, 0.2) is 5.96 Å². The van der Waals surface area contributed by atoms with E-state index in [2.05, 4.69) is 20.9 Å². The molecule has 9 heteroatoms. The fraction of sp³-hybridized carbons (Fsp3) is 0.609. The Labute approximate surface area is 210 Å². The molecule has 0 aliphatic carbocycles. The zero-order valence-electron chi connectivity index (χ0n) is 20.4. The maximum absolute atomic E-state index is 12.4. The van der Waals surface area contributed by atoms with E-state index in [1.165, 1.54) is 4.90 Å². The van der Waals surface area contributed by atoms with Crippen LogP contribution in [0.15, 0.2) is 35.3 Å². The summed E-state index contributed by atoms with van der Waals surface area (Å²) in [7, 11) is 3.42. The summed E-state index contributed by atoms with van der Waals surface area (Å²) in [4.78, 5) is 30.5. The quantitative estimate of drug-likeness (QED) is 0.244. The number of nitrogens with one attached hydrogen (secondary N) is 3. The maximum atomic E-state index is 12.4. The minimum Gasteiger partial charge on any atom is -0.444 e. The van der Waals surface area contributed by atoms with Crippen LogP contribution in [0.1, 0.15) is 53.0 Å². The number of amides is 2. The Balaban J connectivity index is 0.00000961. The number of hydrogen-bond donors (Lipinski definition) is 3. The maximum Gasteiger partial charge on any atom is 0.408 e. The van der Waals surface area contributed by atoms with Gasteiger partial charge in [0.25, 0.3) is 0 Å². The van der Waals surface area contributed by atoms with Crippen LogP contribution in [0.5, 0.6) is 0 Å². The van der Waals surface area contributed by atoms with E-state index in [9.17, 15) is 9.59 Å². The van der Waals surface area contributed by atoms with Crippen molar-refractivity contribution in [3.63, 3.8) is 0 Å². The van der Waals surface area contributed by atoms with Crippen molar-refractivity contribution < 1.29 is 14.3 Å². The van der Waals surface area contributed by atoms with Crippen LogP contribution in [0, 0.1) is 0 Å². The van der Waals surface area contributed by atoms with Gasteiger partial charge in [0.05, 0.1) is 18.6 Å². The first-order chi connectivity index (χ1) is 14.5. The van der Waals surface area contributed by atoms with E-state index in [-0.39, 0.29) is 36.4 Å². The van der Waals surface area contributed by atoms with Gasteiger partial charge in [-0.15, -0.1) is 24.0 Å². The fourth-order valence-electron chi connectivity index (χ4n) is 2.74. The highest BCUT2D eigenvalue weighted by Gasteiger charge is 2.30. The molecule has 0 fully saturated rings. The fourth-order valence-corrected chi connectivity index (χ4v) is 2.74. The van der Waals surface area contributed by atoms with Crippen LogP contribution in [0.4, 0.5) is 4.79 Å². The third kappa shape index (κ3) is 11.5. The summed E-state index contributed by atoms with van der Waals surface area (Å²) in [5, 5.41) is 9.40. The summed E-state index contributed by atoms with van der Waals surface area (Å²) in [5.74, 6) is 0.453. The van der Waals surface area contributed by atoms with Crippen LogP contribution in [-0.4, -0.2) is 61.2 Å². The largest absolute Gasteiger partial charge is 0.444 e. The van der Waals surface area contributed by atoms with Gasteiger partial charge < -0.3 is 25.6 Å². The number of aliphatic imine (C=N–C) groups is 1. The Morgan fingerprint density at radius 3 is 2.12 bits per heavy atom. The highest BCUT2D eigenvalue weighted by molar-refractivity contribution is 14.0. The number of guanidine groups is 1. The normalized spacial score (nSPS) is 11.8. The molecule has 0 aliphatic rings. The Morgan fingerprint density at radius 1 is 1.03 bits per heavy atom. The molecule has 32 heavy (non-hydrogen) atoms. The highest BCUT2D eigenvalue weighted by Crippen LogP contribution is 2.16. The summed E-state index contributed by atoms with van der Waals surface area (Å²) in [6, 6.07) is 9.88. The molecule has 3 N–H and O–H groups in total. The van der Waals surface area contributed by atoms with Crippen LogP contribution in [-0.2, 0) is 16.1 Å². The second-order valence-corrected chi connectivity index (χ2v) is 8.76. The van der Waals surface area contributed by atoms with E-state index in [4.69, 9.17) is 4.74 Å². The monoisotopic (exact) mass is 561 g/mol. The molecule has 0 heterocycles. The zero-order chi connectivity index (χ0) is 23.5. The molecule has 0 radical (unpaired) electrons. The van der Waals surface area contributed by atoms with Crippen LogP contribution < -0.4 is 16.0 Å². The topological polar surface area (TPSA) is 95.1 Å². The Hall–Kier alpha value is -2.04. The Morgan fingerprint density at radius 2 is 1.62 bits per heavy atom. The van der Waals surface area contributed by atoms with Crippen molar-refractivity contribution in [1.82, 2.24) is 20.9 Å². The van der Waals surface area contributed by atoms with Crippen molar-refractivity contribution in [2.45, 2.75) is 65.1 Å². The van der Waals surface area contributed by atoms with Gasteiger partial charge in [-0.1, -0.05) is 44.2 Å². The van der Waals surface area contributed by atoms with Crippen molar-refractivity contribution in [2.24, 2.45) is 4.99 Å². The minimum atomic E-state index is -0.568. The summed E-state index contributed by atoms with van der Waals surface area (Å²) in [5.41, 5.74) is -0.0174. The SMILES string of the molecule is CCC(CC)(CNC(=NCc1ccccc1)NCC(=O)N(C)C)NC(=O)OC(C)(C)C.I. The van der Waals surface area contributed by atoms with Gasteiger partial charge in [-0.25, -0.2) is 9.79 Å². The van der Waals surface area contributed by atoms with E-state index in [1.54, 1.807) is 14.1 Å². The molecule has 1 rings (SSSR count). The number of benzene rings is 1. The predicted molar refractivity (Wildman–Crippen MR) is 140 cm³/mol. The summed E-state index contributed by atoms with van der Waals surface area (Å²) in [6.45, 7) is 10.6. The molecule has 8 nitrogen and oxygen atoms in total. The number of carbonyl (C=O) groups excluding carboxylic acids is 2. The number of nitrogens with zero attached hydrogens (tertiary/aromatic N) is 2. The predicted octanol–water partition coefficient (Wildman–Crippen LogP) is 3.51. The van der Waals surface area contributed by atoms with Gasteiger partial charge in [0.2, 0.25) is 5.91 Å². The van der Waals surface area contributed by atoms with Crippen molar-refractivity contribution in [3.8, 4) is 0 Å². The Bertz CT molecular complexity index is 729. The second kappa shape index (κ2) is 14.2. The first kappa shape index (κ1) is 30.0. The lowest BCUT2D eigenvalue weighted by molar-refractivity contribution is -0.127. The molecule has 0 unspecified atom stereocenters. The molecular weight excluding hydrogens is 521 g/mol. The number of hydrogen-bond acceptors (Lipinski definition) is 4. The van der Waals surface area contributed by atoms with E-state index in [0.29, 0.717) is 31.9 Å². The number of likely N-dealkylation sites (N-methyl/N-ethyl adjacent to an activating group) is 1. The molecule has 0 saturated heterocycles. The molecule has 0 spiro atoms. The molecule has 182 valence electrons. The number of carbonyl (C=O) groups is 2. The van der Waals surface area contributed by atoms with E-state index >= 15 is 0 Å². The first-order valence-electron chi connectivity index (χ1n) is 10.8. The second-order valence-electron chi connectivity index (χ2n) is 8.76. The number of halogens is 1. The average molecular weight is 562 g/mol. The van der Waals surface area contributed by atoms with Crippen LogP contribution in [0.25, 0.3) is 0 Å². The average Bonchev–Trinajstić information content (AvgIpc) is 2.71. The molecule has 1 aromatic carbocycles. The van der Waals surface area contributed by atoms with Gasteiger partial charge in [-0.05, 0) is 39.2 Å². The van der Waals surface area contributed by atoms with Crippen molar-refractivity contribution in [2.75, 3.05) is 27.2 Å². The van der Waals surface area contributed by atoms with Crippen LogP contribution in [0.3, 0.4) is 0 Å². The first-order valence-corrected chi connectivity index (χ1v) is 10.8. The van der Waals surface area contributed by atoms with Crippen molar-refractivity contribution in [1.29, 1.82) is 0 Å². The van der Waals surface area contributed by atoms with Crippen LogP contribution in [0.2, 0.25) is 0 Å². The third-order valence-electron chi connectivity index (χ3n) is 4.88. The lowest BCUT2D eigenvalue weighted by Gasteiger charge is -2.34. The Kier molecular flexibility index (Phi) is 13.3. The standard InChI is InChI=1S/C23H39N5O3.HI/c1-8-23(9-2,27-21(30)31-22(3,4)5)17-26-20(25-16-19(29)28(6)7)24-15-18-13-11-10-12-14-18;/h10-14H,8-9,15-17H2,1-7H3,(H,27,30)(H2,24,25,26);1H. The smallest absolute Gasteiger partial charge is 0.408 e. The summed E-state index contributed by atoms with van der Waals surface area (Å²) < 4.78 is 5.44.